The van der Waals surface area contributed by atoms with Crippen LogP contribution in [-0.4, -0.2) is 57.8 Å². The number of hydrogen-bond acceptors (Lipinski definition) is 4. The molecule has 1 saturated heterocycles. The number of rotatable bonds is 7. The van der Waals surface area contributed by atoms with Crippen molar-refractivity contribution in [2.24, 2.45) is 0 Å². The van der Waals surface area contributed by atoms with Gasteiger partial charge in [0.15, 0.2) is 0 Å². The number of sulfonamides is 1. The lowest BCUT2D eigenvalue weighted by Gasteiger charge is -2.32. The average molecular weight is 277 g/mol. The van der Waals surface area contributed by atoms with Crippen molar-refractivity contribution < 1.29 is 8.42 Å². The molecule has 1 aliphatic rings. The third-order valence-electron chi connectivity index (χ3n) is 3.48. The molecule has 0 radical (unpaired) electrons. The first-order valence-corrected chi connectivity index (χ1v) is 8.42. The molecule has 1 fully saturated rings. The first-order chi connectivity index (χ1) is 8.49. The van der Waals surface area contributed by atoms with E-state index in [1.807, 2.05) is 0 Å². The van der Waals surface area contributed by atoms with E-state index in [2.05, 4.69) is 21.9 Å². The van der Waals surface area contributed by atoms with Crippen molar-refractivity contribution in [3.63, 3.8) is 0 Å². The molecule has 1 heterocycles. The van der Waals surface area contributed by atoms with Gasteiger partial charge in [0.1, 0.15) is 0 Å². The standard InChI is InChI=1S/C12H27N3O2S/c1-4-7-15-8-5-12(6-9-15)14-18(16,17)11(2)10-13-3/h11-14H,4-10H2,1-3H3. The molecule has 0 aromatic carbocycles. The molecular weight excluding hydrogens is 250 g/mol. The molecule has 0 amide bonds. The minimum absolute atomic E-state index is 0.113. The van der Waals surface area contributed by atoms with E-state index >= 15 is 0 Å². The van der Waals surface area contributed by atoms with Crippen LogP contribution < -0.4 is 10.0 Å². The molecule has 0 spiro atoms. The van der Waals surface area contributed by atoms with Crippen LogP contribution in [0.25, 0.3) is 0 Å². The summed E-state index contributed by atoms with van der Waals surface area (Å²) in [6.45, 7) is 7.53. The Kier molecular flexibility index (Phi) is 6.55. The van der Waals surface area contributed by atoms with Gasteiger partial charge >= 0.3 is 0 Å². The molecule has 0 bridgehead atoms. The third-order valence-corrected chi connectivity index (χ3v) is 5.37. The number of hydrogen-bond donors (Lipinski definition) is 2. The second kappa shape index (κ2) is 7.43. The Balaban J connectivity index is 2.40. The van der Waals surface area contributed by atoms with Crippen LogP contribution in [0.15, 0.2) is 0 Å². The minimum Gasteiger partial charge on any atom is -0.318 e. The fraction of sp³-hybridized carbons (Fsp3) is 1.00. The van der Waals surface area contributed by atoms with Crippen molar-refractivity contribution in [2.45, 2.75) is 44.4 Å². The summed E-state index contributed by atoms with van der Waals surface area (Å²) in [4.78, 5) is 2.40. The van der Waals surface area contributed by atoms with E-state index in [1.165, 1.54) is 0 Å². The normalized spacial score (nSPS) is 21.1. The Labute approximate surface area is 111 Å². The largest absolute Gasteiger partial charge is 0.318 e. The lowest BCUT2D eigenvalue weighted by Crippen LogP contribution is -2.48. The maximum atomic E-state index is 12.0. The van der Waals surface area contributed by atoms with Gasteiger partial charge in [-0.15, -0.1) is 0 Å². The van der Waals surface area contributed by atoms with Gasteiger partial charge in [-0.05, 0) is 52.9 Å². The van der Waals surface area contributed by atoms with Crippen LogP contribution in [0.1, 0.15) is 33.1 Å². The zero-order valence-electron chi connectivity index (χ0n) is 11.8. The molecule has 1 rings (SSSR count). The Bertz CT molecular complexity index is 324. The maximum absolute atomic E-state index is 12.0. The van der Waals surface area contributed by atoms with Gasteiger partial charge in [0, 0.05) is 12.6 Å². The van der Waals surface area contributed by atoms with E-state index in [-0.39, 0.29) is 11.3 Å². The highest BCUT2D eigenvalue weighted by Crippen LogP contribution is 2.12. The molecule has 1 atom stereocenters. The predicted octanol–water partition coefficient (Wildman–Crippen LogP) is 0.388. The van der Waals surface area contributed by atoms with Crippen LogP contribution in [-0.2, 0) is 10.0 Å². The van der Waals surface area contributed by atoms with Crippen molar-refractivity contribution in [1.29, 1.82) is 0 Å². The minimum atomic E-state index is -3.18. The van der Waals surface area contributed by atoms with Crippen molar-refractivity contribution in [1.82, 2.24) is 14.9 Å². The lowest BCUT2D eigenvalue weighted by molar-refractivity contribution is 0.207. The van der Waals surface area contributed by atoms with Gasteiger partial charge in [-0.3, -0.25) is 0 Å². The van der Waals surface area contributed by atoms with E-state index in [0.717, 1.165) is 38.9 Å². The summed E-state index contributed by atoms with van der Waals surface area (Å²) in [5.74, 6) is 0. The maximum Gasteiger partial charge on any atom is 0.215 e. The fourth-order valence-corrected chi connectivity index (χ4v) is 3.65. The second-order valence-electron chi connectivity index (χ2n) is 5.15. The van der Waals surface area contributed by atoms with Gasteiger partial charge in [-0.1, -0.05) is 6.92 Å². The molecule has 0 aliphatic carbocycles. The van der Waals surface area contributed by atoms with E-state index < -0.39 is 10.0 Å². The zero-order valence-corrected chi connectivity index (χ0v) is 12.6. The van der Waals surface area contributed by atoms with Crippen molar-refractivity contribution >= 4 is 10.0 Å². The van der Waals surface area contributed by atoms with Crippen LogP contribution in [0.4, 0.5) is 0 Å². The van der Waals surface area contributed by atoms with Gasteiger partial charge in [0.25, 0.3) is 0 Å². The highest BCUT2D eigenvalue weighted by molar-refractivity contribution is 7.90. The monoisotopic (exact) mass is 277 g/mol. The molecular formula is C12H27N3O2S. The zero-order chi connectivity index (χ0) is 13.6. The molecule has 0 aromatic rings. The van der Waals surface area contributed by atoms with Crippen molar-refractivity contribution in [2.75, 3.05) is 33.2 Å². The fourth-order valence-electron chi connectivity index (χ4n) is 2.34. The van der Waals surface area contributed by atoms with Crippen LogP contribution >= 0.6 is 0 Å². The summed E-state index contributed by atoms with van der Waals surface area (Å²) >= 11 is 0. The average Bonchev–Trinajstić information content (AvgIpc) is 2.32. The smallest absolute Gasteiger partial charge is 0.215 e. The molecule has 108 valence electrons. The van der Waals surface area contributed by atoms with Crippen molar-refractivity contribution in [3.8, 4) is 0 Å². The second-order valence-corrected chi connectivity index (χ2v) is 7.28. The van der Waals surface area contributed by atoms with Crippen LogP contribution in [0.3, 0.4) is 0 Å². The topological polar surface area (TPSA) is 61.4 Å². The van der Waals surface area contributed by atoms with E-state index in [4.69, 9.17) is 0 Å². The van der Waals surface area contributed by atoms with Crippen LogP contribution in [0, 0.1) is 0 Å². The number of piperidine rings is 1. The Hall–Kier alpha value is -0.170. The summed E-state index contributed by atoms with van der Waals surface area (Å²) in [5, 5.41) is 2.53. The van der Waals surface area contributed by atoms with Gasteiger partial charge in [0.2, 0.25) is 10.0 Å². The molecule has 1 unspecified atom stereocenters. The van der Waals surface area contributed by atoms with E-state index in [0.29, 0.717) is 6.54 Å². The Morgan fingerprint density at radius 1 is 1.33 bits per heavy atom. The number of nitrogens with one attached hydrogen (secondary N) is 2. The van der Waals surface area contributed by atoms with E-state index in [9.17, 15) is 8.42 Å². The summed E-state index contributed by atoms with van der Waals surface area (Å²) < 4.78 is 26.9. The third kappa shape index (κ3) is 4.84. The molecule has 6 heteroatoms. The highest BCUT2D eigenvalue weighted by Gasteiger charge is 2.26. The number of nitrogens with zero attached hydrogens (tertiary/aromatic N) is 1. The molecule has 0 saturated carbocycles. The molecule has 0 aromatic heterocycles. The highest BCUT2D eigenvalue weighted by atomic mass is 32.2. The molecule has 18 heavy (non-hydrogen) atoms. The quantitative estimate of drug-likeness (QED) is 0.707. The van der Waals surface area contributed by atoms with Gasteiger partial charge in [-0.2, -0.15) is 0 Å². The van der Waals surface area contributed by atoms with Crippen LogP contribution in [0.2, 0.25) is 0 Å². The van der Waals surface area contributed by atoms with E-state index in [1.54, 1.807) is 14.0 Å². The van der Waals surface area contributed by atoms with Gasteiger partial charge < -0.3 is 10.2 Å². The van der Waals surface area contributed by atoms with Crippen molar-refractivity contribution in [3.05, 3.63) is 0 Å². The first kappa shape index (κ1) is 15.9. The molecule has 5 nitrogen and oxygen atoms in total. The number of likely N-dealkylation sites (tertiary alicyclic amines) is 1. The first-order valence-electron chi connectivity index (χ1n) is 6.87. The lowest BCUT2D eigenvalue weighted by atomic mass is 10.1. The summed E-state index contributed by atoms with van der Waals surface area (Å²) in [7, 11) is -1.41. The summed E-state index contributed by atoms with van der Waals surface area (Å²) in [6, 6.07) is 0.113. The predicted molar refractivity (Wildman–Crippen MR) is 75.2 cm³/mol. The summed E-state index contributed by atoms with van der Waals surface area (Å²) in [5.41, 5.74) is 0. The molecule has 1 aliphatic heterocycles. The van der Waals surface area contributed by atoms with Gasteiger partial charge in [0.05, 0.1) is 5.25 Å². The molecule has 2 N–H and O–H groups in total. The summed E-state index contributed by atoms with van der Waals surface area (Å²) in [6.07, 6.45) is 3.01. The Morgan fingerprint density at radius 2 is 1.94 bits per heavy atom. The SMILES string of the molecule is CCCN1CCC(NS(=O)(=O)C(C)CNC)CC1. The van der Waals surface area contributed by atoms with Crippen LogP contribution in [0.5, 0.6) is 0 Å². The Morgan fingerprint density at radius 3 is 2.44 bits per heavy atom. The van der Waals surface area contributed by atoms with Gasteiger partial charge in [-0.25, -0.2) is 13.1 Å².